The van der Waals surface area contributed by atoms with Crippen molar-refractivity contribution in [1.82, 2.24) is 10.6 Å². The Morgan fingerprint density at radius 3 is 2.65 bits per heavy atom. The molecule has 0 aromatic heterocycles. The number of benzene rings is 1. The molecule has 2 amide bonds. The predicted molar refractivity (Wildman–Crippen MR) is 86.2 cm³/mol. The lowest BCUT2D eigenvalue weighted by Gasteiger charge is -2.19. The van der Waals surface area contributed by atoms with Crippen LogP contribution in [0.25, 0.3) is 0 Å². The van der Waals surface area contributed by atoms with Crippen LogP contribution in [0.3, 0.4) is 0 Å². The number of hydrogen-bond acceptors (Lipinski definition) is 4. The lowest BCUT2D eigenvalue weighted by Crippen LogP contribution is -2.36. The van der Waals surface area contributed by atoms with Gasteiger partial charge in [-0.1, -0.05) is 12.1 Å². The molecule has 6 heteroatoms. The van der Waals surface area contributed by atoms with Crippen LogP contribution in [-0.4, -0.2) is 38.2 Å². The molecule has 1 aliphatic heterocycles. The standard InChI is InChI=1S/C17H24N2O4/c1-12(20)19-16(13-5-7-14(22-2)8-6-13)10-17(21)18-11-15-4-3-9-23-15/h5-8,15-16H,3-4,9-11H2,1-2H3,(H,18,21)(H,19,20). The molecule has 2 N–H and O–H groups in total. The van der Waals surface area contributed by atoms with Gasteiger partial charge in [0.1, 0.15) is 5.75 Å². The average Bonchev–Trinajstić information content (AvgIpc) is 3.05. The molecule has 1 aromatic carbocycles. The Morgan fingerprint density at radius 2 is 2.09 bits per heavy atom. The SMILES string of the molecule is COc1ccc(C(CC(=O)NCC2CCCO2)NC(C)=O)cc1. The molecular formula is C17H24N2O4. The minimum Gasteiger partial charge on any atom is -0.497 e. The van der Waals surface area contributed by atoms with Crippen molar-refractivity contribution in [3.63, 3.8) is 0 Å². The number of rotatable bonds is 7. The molecule has 23 heavy (non-hydrogen) atoms. The van der Waals surface area contributed by atoms with Crippen molar-refractivity contribution in [3.8, 4) is 5.75 Å². The number of carbonyl (C=O) groups is 2. The Kier molecular flexibility index (Phi) is 6.40. The van der Waals surface area contributed by atoms with E-state index in [9.17, 15) is 9.59 Å². The largest absolute Gasteiger partial charge is 0.497 e. The summed E-state index contributed by atoms with van der Waals surface area (Å²) in [4.78, 5) is 23.6. The highest BCUT2D eigenvalue weighted by molar-refractivity contribution is 5.79. The van der Waals surface area contributed by atoms with Crippen LogP contribution in [0.4, 0.5) is 0 Å². The zero-order valence-electron chi connectivity index (χ0n) is 13.6. The van der Waals surface area contributed by atoms with Crippen molar-refractivity contribution in [3.05, 3.63) is 29.8 Å². The lowest BCUT2D eigenvalue weighted by atomic mass is 10.0. The summed E-state index contributed by atoms with van der Waals surface area (Å²) in [5, 5.41) is 5.70. The van der Waals surface area contributed by atoms with Crippen molar-refractivity contribution in [2.24, 2.45) is 0 Å². The minimum atomic E-state index is -0.358. The summed E-state index contributed by atoms with van der Waals surface area (Å²) in [6, 6.07) is 6.98. The summed E-state index contributed by atoms with van der Waals surface area (Å²) >= 11 is 0. The molecule has 6 nitrogen and oxygen atoms in total. The highest BCUT2D eigenvalue weighted by atomic mass is 16.5. The molecule has 0 saturated carbocycles. The monoisotopic (exact) mass is 320 g/mol. The van der Waals surface area contributed by atoms with Crippen molar-refractivity contribution >= 4 is 11.8 Å². The van der Waals surface area contributed by atoms with Crippen molar-refractivity contribution < 1.29 is 19.1 Å². The topological polar surface area (TPSA) is 76.7 Å². The van der Waals surface area contributed by atoms with Crippen LogP contribution in [-0.2, 0) is 14.3 Å². The summed E-state index contributed by atoms with van der Waals surface area (Å²) < 4.78 is 10.6. The van der Waals surface area contributed by atoms with Gasteiger partial charge in [0, 0.05) is 20.1 Å². The van der Waals surface area contributed by atoms with E-state index in [2.05, 4.69) is 10.6 Å². The summed E-state index contributed by atoms with van der Waals surface area (Å²) in [5.41, 5.74) is 0.869. The van der Waals surface area contributed by atoms with E-state index in [4.69, 9.17) is 9.47 Å². The molecule has 1 heterocycles. The van der Waals surface area contributed by atoms with Crippen LogP contribution in [0.1, 0.15) is 37.8 Å². The molecular weight excluding hydrogens is 296 g/mol. The third kappa shape index (κ3) is 5.56. The van der Waals surface area contributed by atoms with Gasteiger partial charge in [-0.2, -0.15) is 0 Å². The van der Waals surface area contributed by atoms with Gasteiger partial charge in [0.25, 0.3) is 0 Å². The third-order valence-electron chi connectivity index (χ3n) is 3.84. The molecule has 1 fully saturated rings. The van der Waals surface area contributed by atoms with Crippen LogP contribution in [0.15, 0.2) is 24.3 Å². The quantitative estimate of drug-likeness (QED) is 0.799. The summed E-state index contributed by atoms with van der Waals surface area (Å²) in [7, 11) is 1.60. The van der Waals surface area contributed by atoms with Gasteiger partial charge in [-0.15, -0.1) is 0 Å². The van der Waals surface area contributed by atoms with Crippen LogP contribution in [0.2, 0.25) is 0 Å². The molecule has 1 saturated heterocycles. The van der Waals surface area contributed by atoms with E-state index in [1.54, 1.807) is 7.11 Å². The van der Waals surface area contributed by atoms with Crippen LogP contribution < -0.4 is 15.4 Å². The normalized spacial score (nSPS) is 18.3. The second kappa shape index (κ2) is 8.53. The van der Waals surface area contributed by atoms with E-state index in [-0.39, 0.29) is 30.4 Å². The Bertz CT molecular complexity index is 524. The van der Waals surface area contributed by atoms with Gasteiger partial charge in [-0.25, -0.2) is 0 Å². The molecule has 0 radical (unpaired) electrons. The van der Waals surface area contributed by atoms with Crippen LogP contribution in [0, 0.1) is 0 Å². The smallest absolute Gasteiger partial charge is 0.222 e. The summed E-state index contributed by atoms with van der Waals surface area (Å²) in [6.07, 6.45) is 2.33. The molecule has 0 spiro atoms. The second-order valence-electron chi connectivity index (χ2n) is 5.67. The maximum atomic E-state index is 12.1. The van der Waals surface area contributed by atoms with E-state index in [0.29, 0.717) is 6.54 Å². The Balaban J connectivity index is 1.93. The maximum Gasteiger partial charge on any atom is 0.222 e. The minimum absolute atomic E-state index is 0.102. The van der Waals surface area contributed by atoms with Crippen molar-refractivity contribution in [1.29, 1.82) is 0 Å². The molecule has 2 atom stereocenters. The van der Waals surface area contributed by atoms with Crippen molar-refractivity contribution in [2.75, 3.05) is 20.3 Å². The Labute approximate surface area is 136 Å². The van der Waals surface area contributed by atoms with Gasteiger partial charge < -0.3 is 20.1 Å². The summed E-state index contributed by atoms with van der Waals surface area (Å²) in [6.45, 7) is 2.73. The molecule has 0 bridgehead atoms. The first-order chi connectivity index (χ1) is 11.1. The number of methoxy groups -OCH3 is 1. The zero-order chi connectivity index (χ0) is 16.7. The van der Waals surface area contributed by atoms with Crippen LogP contribution >= 0.6 is 0 Å². The van der Waals surface area contributed by atoms with Gasteiger partial charge in [-0.05, 0) is 30.5 Å². The molecule has 0 aliphatic carbocycles. The lowest BCUT2D eigenvalue weighted by molar-refractivity contribution is -0.123. The van der Waals surface area contributed by atoms with E-state index in [1.807, 2.05) is 24.3 Å². The Morgan fingerprint density at radius 1 is 1.35 bits per heavy atom. The summed E-state index contributed by atoms with van der Waals surface area (Å²) in [5.74, 6) is 0.464. The molecule has 1 aliphatic rings. The molecule has 126 valence electrons. The van der Waals surface area contributed by atoms with Gasteiger partial charge >= 0.3 is 0 Å². The number of amides is 2. The number of carbonyl (C=O) groups excluding carboxylic acids is 2. The van der Waals surface area contributed by atoms with E-state index in [0.717, 1.165) is 30.8 Å². The second-order valence-corrected chi connectivity index (χ2v) is 5.67. The number of ether oxygens (including phenoxy) is 2. The molecule has 2 rings (SSSR count). The van der Waals surface area contributed by atoms with Crippen LogP contribution in [0.5, 0.6) is 5.75 Å². The first-order valence-corrected chi connectivity index (χ1v) is 7.88. The van der Waals surface area contributed by atoms with Gasteiger partial charge in [0.05, 0.1) is 25.7 Å². The van der Waals surface area contributed by atoms with E-state index < -0.39 is 0 Å². The maximum absolute atomic E-state index is 12.1. The molecule has 1 aromatic rings. The first kappa shape index (κ1) is 17.3. The first-order valence-electron chi connectivity index (χ1n) is 7.88. The number of hydrogen-bond donors (Lipinski definition) is 2. The molecule has 2 unspecified atom stereocenters. The van der Waals surface area contributed by atoms with Crippen molar-refractivity contribution in [2.45, 2.75) is 38.3 Å². The van der Waals surface area contributed by atoms with Gasteiger partial charge in [0.2, 0.25) is 11.8 Å². The van der Waals surface area contributed by atoms with E-state index >= 15 is 0 Å². The fourth-order valence-electron chi connectivity index (χ4n) is 2.62. The highest BCUT2D eigenvalue weighted by Crippen LogP contribution is 2.20. The average molecular weight is 320 g/mol. The van der Waals surface area contributed by atoms with Gasteiger partial charge in [0.15, 0.2) is 0 Å². The fraction of sp³-hybridized carbons (Fsp3) is 0.529. The Hall–Kier alpha value is -2.08. The predicted octanol–water partition coefficient (Wildman–Crippen LogP) is 1.56. The highest BCUT2D eigenvalue weighted by Gasteiger charge is 2.20. The third-order valence-corrected chi connectivity index (χ3v) is 3.84. The number of nitrogens with one attached hydrogen (secondary N) is 2. The van der Waals surface area contributed by atoms with Gasteiger partial charge in [-0.3, -0.25) is 9.59 Å². The fourth-order valence-corrected chi connectivity index (χ4v) is 2.62. The van der Waals surface area contributed by atoms with E-state index in [1.165, 1.54) is 6.92 Å². The zero-order valence-corrected chi connectivity index (χ0v) is 13.6.